The van der Waals surface area contributed by atoms with Crippen LogP contribution in [-0.4, -0.2) is 9.36 Å². The van der Waals surface area contributed by atoms with E-state index in [1.807, 2.05) is 31.2 Å². The van der Waals surface area contributed by atoms with Crippen molar-refractivity contribution in [3.8, 4) is 0 Å². The molecule has 1 atom stereocenters. The summed E-state index contributed by atoms with van der Waals surface area (Å²) in [5.41, 5.74) is 7.75. The van der Waals surface area contributed by atoms with Gasteiger partial charge in [0, 0.05) is 17.2 Å². The molecule has 1 aromatic heterocycles. The van der Waals surface area contributed by atoms with Gasteiger partial charge in [0.25, 0.3) is 0 Å². The van der Waals surface area contributed by atoms with Crippen molar-refractivity contribution in [2.45, 2.75) is 13.0 Å². The summed E-state index contributed by atoms with van der Waals surface area (Å²) in [6, 6.07) is 7.95. The van der Waals surface area contributed by atoms with Crippen molar-refractivity contribution in [3.63, 3.8) is 0 Å². The van der Waals surface area contributed by atoms with Crippen LogP contribution < -0.4 is 11.1 Å². The Labute approximate surface area is 92.3 Å². The predicted octanol–water partition coefficient (Wildman–Crippen LogP) is 2.29. The van der Waals surface area contributed by atoms with E-state index in [0.717, 1.165) is 16.4 Å². The molecule has 78 valence electrons. The lowest BCUT2D eigenvalue weighted by Crippen LogP contribution is -2.08. The van der Waals surface area contributed by atoms with Crippen LogP contribution in [0.4, 0.5) is 10.8 Å². The summed E-state index contributed by atoms with van der Waals surface area (Å²) in [7, 11) is 0. The van der Waals surface area contributed by atoms with E-state index in [9.17, 15) is 0 Å². The van der Waals surface area contributed by atoms with Crippen molar-refractivity contribution < 1.29 is 0 Å². The van der Waals surface area contributed by atoms with E-state index in [4.69, 9.17) is 5.73 Å². The molecule has 0 amide bonds. The number of nitrogens with one attached hydrogen (secondary N) is 1. The number of nitrogens with two attached hydrogens (primary N) is 1. The molecule has 0 spiro atoms. The van der Waals surface area contributed by atoms with Crippen LogP contribution >= 0.6 is 11.5 Å². The van der Waals surface area contributed by atoms with E-state index in [0.29, 0.717) is 0 Å². The molecule has 0 aliphatic carbocycles. The zero-order valence-electron chi connectivity index (χ0n) is 8.34. The van der Waals surface area contributed by atoms with Crippen molar-refractivity contribution >= 4 is 22.4 Å². The molecule has 2 rings (SSSR count). The molecule has 5 heteroatoms. The van der Waals surface area contributed by atoms with Crippen molar-refractivity contribution in [2.75, 3.05) is 11.1 Å². The molecule has 3 N–H and O–H groups in total. The normalized spacial score (nSPS) is 12.3. The molecule has 1 unspecified atom stereocenters. The first-order chi connectivity index (χ1) is 7.27. The van der Waals surface area contributed by atoms with Crippen LogP contribution in [0, 0.1) is 0 Å². The number of hydrogen-bond acceptors (Lipinski definition) is 5. The fraction of sp³-hybridized carbons (Fsp3) is 0.200. The Hall–Kier alpha value is -1.62. The SMILES string of the molecule is CC(Nc1ncns1)c1ccccc1N. The number of anilines is 2. The minimum absolute atomic E-state index is 0.138. The average molecular weight is 220 g/mol. The fourth-order valence-electron chi connectivity index (χ4n) is 1.40. The molecule has 0 radical (unpaired) electrons. The lowest BCUT2D eigenvalue weighted by Gasteiger charge is -2.14. The Kier molecular flexibility index (Phi) is 2.82. The summed E-state index contributed by atoms with van der Waals surface area (Å²) in [6.45, 7) is 2.05. The van der Waals surface area contributed by atoms with Gasteiger partial charge in [-0.15, -0.1) is 0 Å². The first-order valence-electron chi connectivity index (χ1n) is 4.65. The van der Waals surface area contributed by atoms with Gasteiger partial charge in [0.15, 0.2) is 0 Å². The van der Waals surface area contributed by atoms with Crippen molar-refractivity contribution in [2.24, 2.45) is 0 Å². The van der Waals surface area contributed by atoms with E-state index in [2.05, 4.69) is 14.7 Å². The molecular formula is C10H12N4S. The Balaban J connectivity index is 2.15. The monoisotopic (exact) mass is 220 g/mol. The van der Waals surface area contributed by atoms with Gasteiger partial charge in [-0.05, 0) is 18.6 Å². The summed E-state index contributed by atoms with van der Waals surface area (Å²) in [4.78, 5) is 4.07. The molecule has 0 aliphatic rings. The van der Waals surface area contributed by atoms with Crippen molar-refractivity contribution in [3.05, 3.63) is 36.2 Å². The summed E-state index contributed by atoms with van der Waals surface area (Å²) in [6.07, 6.45) is 1.54. The van der Waals surface area contributed by atoms with Crippen molar-refractivity contribution in [1.29, 1.82) is 0 Å². The van der Waals surface area contributed by atoms with E-state index >= 15 is 0 Å². The summed E-state index contributed by atoms with van der Waals surface area (Å²) >= 11 is 1.34. The second-order valence-electron chi connectivity index (χ2n) is 3.24. The molecule has 15 heavy (non-hydrogen) atoms. The van der Waals surface area contributed by atoms with Crippen LogP contribution in [0.1, 0.15) is 18.5 Å². The largest absolute Gasteiger partial charge is 0.398 e. The van der Waals surface area contributed by atoms with Crippen LogP contribution in [0.15, 0.2) is 30.6 Å². The molecule has 0 bridgehead atoms. The van der Waals surface area contributed by atoms with Gasteiger partial charge in [0.1, 0.15) is 6.33 Å². The number of nitrogens with zero attached hydrogens (tertiary/aromatic N) is 2. The second-order valence-corrected chi connectivity index (χ2v) is 4.02. The highest BCUT2D eigenvalue weighted by Crippen LogP contribution is 2.23. The van der Waals surface area contributed by atoms with Crippen LogP contribution in [0.2, 0.25) is 0 Å². The molecule has 1 aromatic carbocycles. The third-order valence-electron chi connectivity index (χ3n) is 2.16. The van der Waals surface area contributed by atoms with Gasteiger partial charge in [-0.1, -0.05) is 18.2 Å². The molecule has 4 nitrogen and oxygen atoms in total. The Morgan fingerprint density at radius 2 is 2.20 bits per heavy atom. The summed E-state index contributed by atoms with van der Waals surface area (Å²) in [5.74, 6) is 0. The molecule has 1 heterocycles. The third kappa shape index (κ3) is 2.24. The number of para-hydroxylation sites is 1. The Morgan fingerprint density at radius 1 is 1.40 bits per heavy atom. The van der Waals surface area contributed by atoms with Gasteiger partial charge in [0.05, 0.1) is 6.04 Å². The van der Waals surface area contributed by atoms with E-state index in [-0.39, 0.29) is 6.04 Å². The Bertz CT molecular complexity index is 427. The first-order valence-corrected chi connectivity index (χ1v) is 5.42. The minimum Gasteiger partial charge on any atom is -0.398 e. The molecule has 0 saturated heterocycles. The highest BCUT2D eigenvalue weighted by Gasteiger charge is 2.09. The van der Waals surface area contributed by atoms with Gasteiger partial charge < -0.3 is 11.1 Å². The van der Waals surface area contributed by atoms with Gasteiger partial charge in [-0.25, -0.2) is 4.98 Å². The highest BCUT2D eigenvalue weighted by atomic mass is 32.1. The minimum atomic E-state index is 0.138. The van der Waals surface area contributed by atoms with Gasteiger partial charge >= 0.3 is 0 Å². The van der Waals surface area contributed by atoms with Crippen molar-refractivity contribution in [1.82, 2.24) is 9.36 Å². The number of hydrogen-bond donors (Lipinski definition) is 2. The smallest absolute Gasteiger partial charge is 0.202 e. The molecular weight excluding hydrogens is 208 g/mol. The molecule has 0 aliphatic heterocycles. The maximum absolute atomic E-state index is 5.88. The quantitative estimate of drug-likeness (QED) is 0.779. The number of rotatable bonds is 3. The zero-order valence-corrected chi connectivity index (χ0v) is 9.16. The summed E-state index contributed by atoms with van der Waals surface area (Å²) < 4.78 is 3.93. The maximum atomic E-state index is 5.88. The highest BCUT2D eigenvalue weighted by molar-refractivity contribution is 7.09. The number of aromatic nitrogens is 2. The fourth-order valence-corrected chi connectivity index (χ4v) is 1.92. The topological polar surface area (TPSA) is 63.8 Å². The third-order valence-corrected chi connectivity index (χ3v) is 2.76. The number of benzene rings is 1. The Morgan fingerprint density at radius 3 is 2.87 bits per heavy atom. The van der Waals surface area contributed by atoms with Gasteiger partial charge in [-0.2, -0.15) is 4.37 Å². The first kappa shape index (κ1) is 9.92. The van der Waals surface area contributed by atoms with Crippen LogP contribution in [0.3, 0.4) is 0 Å². The zero-order chi connectivity index (χ0) is 10.7. The van der Waals surface area contributed by atoms with Gasteiger partial charge in [-0.3, -0.25) is 0 Å². The lowest BCUT2D eigenvalue weighted by atomic mass is 10.1. The van der Waals surface area contributed by atoms with E-state index in [1.165, 1.54) is 17.9 Å². The second kappa shape index (κ2) is 4.27. The molecule has 0 fully saturated rings. The molecule has 0 saturated carbocycles. The van der Waals surface area contributed by atoms with Crippen LogP contribution in [-0.2, 0) is 0 Å². The van der Waals surface area contributed by atoms with Crippen LogP contribution in [0.25, 0.3) is 0 Å². The average Bonchev–Trinajstić information content (AvgIpc) is 2.71. The van der Waals surface area contributed by atoms with E-state index < -0.39 is 0 Å². The van der Waals surface area contributed by atoms with Crippen LogP contribution in [0.5, 0.6) is 0 Å². The van der Waals surface area contributed by atoms with E-state index in [1.54, 1.807) is 0 Å². The lowest BCUT2D eigenvalue weighted by molar-refractivity contribution is 0.885. The predicted molar refractivity (Wildman–Crippen MR) is 62.8 cm³/mol. The standard InChI is InChI=1S/C10H12N4S/c1-7(14-10-12-6-13-15-10)8-4-2-3-5-9(8)11/h2-7H,11H2,1H3,(H,12,13,14). The molecule has 2 aromatic rings. The maximum Gasteiger partial charge on any atom is 0.202 e. The van der Waals surface area contributed by atoms with Gasteiger partial charge in [0.2, 0.25) is 5.13 Å². The number of nitrogen functional groups attached to an aromatic ring is 1. The summed E-state index contributed by atoms with van der Waals surface area (Å²) in [5, 5.41) is 4.05.